The zero-order valence-corrected chi connectivity index (χ0v) is 19.0. The highest BCUT2D eigenvalue weighted by atomic mass is 19.1. The van der Waals surface area contributed by atoms with Gasteiger partial charge in [-0.1, -0.05) is 12.1 Å². The van der Waals surface area contributed by atoms with Gasteiger partial charge < -0.3 is 9.47 Å². The lowest BCUT2D eigenvalue weighted by Gasteiger charge is -2.18. The highest BCUT2D eigenvalue weighted by Crippen LogP contribution is 2.36. The number of imidazole rings is 1. The first-order valence-electron chi connectivity index (χ1n) is 11.3. The first-order chi connectivity index (χ1) is 17.1. The monoisotopic (exact) mass is 472 g/mol. The third kappa shape index (κ3) is 4.45. The van der Waals surface area contributed by atoms with Crippen molar-refractivity contribution in [3.63, 3.8) is 0 Å². The molecule has 1 aliphatic rings. The fourth-order valence-electron chi connectivity index (χ4n) is 4.35. The Labute approximate surface area is 201 Å². The predicted molar refractivity (Wildman–Crippen MR) is 128 cm³/mol. The molecule has 0 N–H and O–H groups in total. The Hall–Kier alpha value is -4.25. The minimum absolute atomic E-state index is 0.0188. The van der Waals surface area contributed by atoms with E-state index in [1.54, 1.807) is 29.9 Å². The summed E-state index contributed by atoms with van der Waals surface area (Å²) in [5.41, 5.74) is 1.39. The van der Waals surface area contributed by atoms with Crippen LogP contribution in [0.3, 0.4) is 0 Å². The van der Waals surface area contributed by atoms with Crippen LogP contribution in [0.5, 0.6) is 11.5 Å². The lowest BCUT2D eigenvalue weighted by atomic mass is 10.1. The molecule has 2 aromatic heterocycles. The van der Waals surface area contributed by atoms with Gasteiger partial charge in [0.1, 0.15) is 29.0 Å². The Bertz CT molecular complexity index is 1450. The molecule has 6 nitrogen and oxygen atoms in total. The van der Waals surface area contributed by atoms with Crippen molar-refractivity contribution >= 4 is 23.2 Å². The van der Waals surface area contributed by atoms with Crippen LogP contribution in [0.25, 0.3) is 29.0 Å². The van der Waals surface area contributed by atoms with E-state index in [1.807, 2.05) is 30.3 Å². The normalized spacial score (nSPS) is 14.0. The number of hydrogen-bond donors (Lipinski definition) is 0. The standard InChI is InChI=1S/C27H22F2N4O2/c1-34-23-8-4-5-18(27(23)35-20-6-2-3-7-20)10-12-25-32-26-21(29)13-19(28)14-22(26)33(25)24-11-9-17(15-30)16-31-24/h4-5,8-14,16,20H,2-3,6-7H2,1H3/b12-10+. The third-order valence-electron chi connectivity index (χ3n) is 6.04. The molecule has 0 unspecified atom stereocenters. The Morgan fingerprint density at radius 3 is 2.66 bits per heavy atom. The van der Waals surface area contributed by atoms with Crippen molar-refractivity contribution in [1.82, 2.24) is 14.5 Å². The molecule has 8 heteroatoms. The Kier molecular flexibility index (Phi) is 6.15. The van der Waals surface area contributed by atoms with E-state index >= 15 is 0 Å². The molecule has 4 aromatic rings. The van der Waals surface area contributed by atoms with Crippen LogP contribution in [-0.2, 0) is 0 Å². The molecule has 0 radical (unpaired) electrons. The van der Waals surface area contributed by atoms with Crippen LogP contribution >= 0.6 is 0 Å². The van der Waals surface area contributed by atoms with Crippen LogP contribution in [0.2, 0.25) is 0 Å². The first-order valence-corrected chi connectivity index (χ1v) is 11.3. The number of fused-ring (bicyclic) bond motifs is 1. The average molecular weight is 472 g/mol. The largest absolute Gasteiger partial charge is 0.493 e. The number of halogens is 2. The van der Waals surface area contributed by atoms with Gasteiger partial charge >= 0.3 is 0 Å². The Morgan fingerprint density at radius 1 is 1.11 bits per heavy atom. The van der Waals surface area contributed by atoms with Gasteiger partial charge in [-0.3, -0.25) is 4.57 Å². The molecule has 0 atom stereocenters. The second-order valence-electron chi connectivity index (χ2n) is 8.31. The van der Waals surface area contributed by atoms with Gasteiger partial charge in [-0.2, -0.15) is 5.26 Å². The molecule has 176 valence electrons. The molecule has 1 aliphatic carbocycles. The van der Waals surface area contributed by atoms with Gasteiger partial charge in [-0.25, -0.2) is 18.7 Å². The molecule has 2 heterocycles. The minimum Gasteiger partial charge on any atom is -0.493 e. The van der Waals surface area contributed by atoms with Crippen molar-refractivity contribution in [2.24, 2.45) is 0 Å². The topological polar surface area (TPSA) is 73.0 Å². The Balaban J connectivity index is 1.62. The van der Waals surface area contributed by atoms with Gasteiger partial charge in [0.15, 0.2) is 17.3 Å². The summed E-state index contributed by atoms with van der Waals surface area (Å²) in [4.78, 5) is 8.73. The van der Waals surface area contributed by atoms with Crippen LogP contribution in [0.1, 0.15) is 42.6 Å². The fourth-order valence-corrected chi connectivity index (χ4v) is 4.35. The van der Waals surface area contributed by atoms with Crippen molar-refractivity contribution in [2.45, 2.75) is 31.8 Å². The molecule has 1 saturated carbocycles. The number of rotatable bonds is 6. The molecule has 0 aliphatic heterocycles. The van der Waals surface area contributed by atoms with Gasteiger partial charge in [0.2, 0.25) is 0 Å². The molecule has 2 aromatic carbocycles. The lowest BCUT2D eigenvalue weighted by Crippen LogP contribution is -2.12. The van der Waals surface area contributed by atoms with Crippen LogP contribution in [-0.4, -0.2) is 27.7 Å². The molecule has 5 rings (SSSR count). The second kappa shape index (κ2) is 9.55. The highest BCUT2D eigenvalue weighted by Gasteiger charge is 2.21. The van der Waals surface area contributed by atoms with Crippen molar-refractivity contribution in [2.75, 3.05) is 7.11 Å². The van der Waals surface area contributed by atoms with Crippen LogP contribution in [0.15, 0.2) is 48.7 Å². The van der Waals surface area contributed by atoms with Crippen molar-refractivity contribution < 1.29 is 18.3 Å². The molecular formula is C27H22F2N4O2. The summed E-state index contributed by atoms with van der Waals surface area (Å²) in [5.74, 6) is 0.485. The minimum atomic E-state index is -0.770. The molecule has 0 saturated heterocycles. The summed E-state index contributed by atoms with van der Waals surface area (Å²) >= 11 is 0. The van der Waals surface area contributed by atoms with E-state index in [0.29, 0.717) is 28.7 Å². The molecule has 0 spiro atoms. The summed E-state index contributed by atoms with van der Waals surface area (Å²) in [7, 11) is 1.59. The molecule has 1 fully saturated rings. The summed E-state index contributed by atoms with van der Waals surface area (Å²) in [6, 6.07) is 12.8. The average Bonchev–Trinajstić information content (AvgIpc) is 3.51. The number of benzene rings is 2. The van der Waals surface area contributed by atoms with Crippen LogP contribution < -0.4 is 9.47 Å². The quantitative estimate of drug-likeness (QED) is 0.341. The fraction of sp³-hybridized carbons (Fsp3) is 0.222. The third-order valence-corrected chi connectivity index (χ3v) is 6.04. The molecular weight excluding hydrogens is 450 g/mol. The first kappa shape index (κ1) is 22.5. The van der Waals surface area contributed by atoms with E-state index in [-0.39, 0.29) is 17.1 Å². The van der Waals surface area contributed by atoms with Crippen LogP contribution in [0.4, 0.5) is 8.78 Å². The summed E-state index contributed by atoms with van der Waals surface area (Å²) in [6.45, 7) is 0. The van der Waals surface area contributed by atoms with Crippen LogP contribution in [0, 0.1) is 23.0 Å². The summed E-state index contributed by atoms with van der Waals surface area (Å²) < 4.78 is 42.1. The SMILES string of the molecule is COc1cccc(/C=C/c2nc3c(F)cc(F)cc3n2-c2ccc(C#N)cn2)c1OC1CCCC1. The maximum Gasteiger partial charge on any atom is 0.168 e. The van der Waals surface area contributed by atoms with E-state index in [2.05, 4.69) is 9.97 Å². The van der Waals surface area contributed by atoms with Gasteiger partial charge in [-0.05, 0) is 56.0 Å². The zero-order chi connectivity index (χ0) is 24.4. The van der Waals surface area contributed by atoms with E-state index in [0.717, 1.165) is 37.3 Å². The predicted octanol–water partition coefficient (Wildman–Crippen LogP) is 6.07. The van der Waals surface area contributed by atoms with E-state index in [1.165, 1.54) is 12.3 Å². The van der Waals surface area contributed by atoms with E-state index in [4.69, 9.17) is 14.7 Å². The highest BCUT2D eigenvalue weighted by molar-refractivity contribution is 5.83. The molecule has 0 bridgehead atoms. The number of hydrogen-bond acceptors (Lipinski definition) is 5. The number of para-hydroxylation sites is 1. The van der Waals surface area contributed by atoms with Gasteiger partial charge in [0.25, 0.3) is 0 Å². The number of ether oxygens (including phenoxy) is 2. The van der Waals surface area contributed by atoms with Gasteiger partial charge in [0.05, 0.1) is 24.3 Å². The number of nitrogens with zero attached hydrogens (tertiary/aromatic N) is 4. The molecule has 35 heavy (non-hydrogen) atoms. The number of pyridine rings is 1. The van der Waals surface area contributed by atoms with Gasteiger partial charge in [0, 0.05) is 23.9 Å². The van der Waals surface area contributed by atoms with E-state index < -0.39 is 11.6 Å². The second-order valence-corrected chi connectivity index (χ2v) is 8.31. The van der Waals surface area contributed by atoms with E-state index in [9.17, 15) is 8.78 Å². The number of aromatic nitrogens is 3. The number of nitriles is 1. The summed E-state index contributed by atoms with van der Waals surface area (Å²) in [6.07, 6.45) is 9.29. The number of methoxy groups -OCH3 is 1. The molecule has 0 amide bonds. The Morgan fingerprint density at radius 2 is 1.94 bits per heavy atom. The van der Waals surface area contributed by atoms with Crippen molar-refractivity contribution in [1.29, 1.82) is 5.26 Å². The maximum absolute atomic E-state index is 14.6. The van der Waals surface area contributed by atoms with Crippen molar-refractivity contribution in [3.05, 3.63) is 77.2 Å². The summed E-state index contributed by atoms with van der Waals surface area (Å²) in [5, 5.41) is 9.10. The maximum atomic E-state index is 14.6. The van der Waals surface area contributed by atoms with Gasteiger partial charge in [-0.15, -0.1) is 0 Å². The lowest BCUT2D eigenvalue weighted by molar-refractivity contribution is 0.200. The zero-order valence-electron chi connectivity index (χ0n) is 19.0. The smallest absolute Gasteiger partial charge is 0.168 e. The van der Waals surface area contributed by atoms with Crippen molar-refractivity contribution in [3.8, 4) is 23.4 Å².